The fourth-order valence-electron chi connectivity index (χ4n) is 2.69. The zero-order chi connectivity index (χ0) is 23.6. The van der Waals surface area contributed by atoms with Crippen molar-refractivity contribution in [2.24, 2.45) is 5.14 Å². The zero-order valence-electron chi connectivity index (χ0n) is 16.0. The highest BCUT2D eigenvalue weighted by Crippen LogP contribution is 2.35. The number of nitrogens with one attached hydrogen (secondary N) is 1. The van der Waals surface area contributed by atoms with E-state index in [2.05, 4.69) is 5.32 Å². The topological polar surface area (TPSA) is 125 Å². The van der Waals surface area contributed by atoms with Crippen LogP contribution in [0, 0.1) is 5.82 Å². The number of carbonyl (C=O) groups is 1. The highest BCUT2D eigenvalue weighted by atomic mass is 35.5. The van der Waals surface area contributed by atoms with E-state index in [4.69, 9.17) is 50.4 Å². The van der Waals surface area contributed by atoms with Crippen molar-refractivity contribution < 1.29 is 22.3 Å². The molecule has 0 aliphatic carbocycles. The van der Waals surface area contributed by atoms with Gasteiger partial charge in [0.2, 0.25) is 10.0 Å². The fraction of sp³-hybridized carbons (Fsp3) is 0.0500. The summed E-state index contributed by atoms with van der Waals surface area (Å²) >= 11 is 18.0. The molecule has 0 spiro atoms. The van der Waals surface area contributed by atoms with Gasteiger partial charge in [-0.1, -0.05) is 40.9 Å². The molecule has 0 heterocycles. The summed E-state index contributed by atoms with van der Waals surface area (Å²) in [7, 11) is -3.98. The van der Waals surface area contributed by atoms with Crippen LogP contribution >= 0.6 is 34.8 Å². The van der Waals surface area contributed by atoms with E-state index in [1.165, 1.54) is 36.4 Å². The van der Waals surface area contributed by atoms with Crippen LogP contribution in [0.3, 0.4) is 0 Å². The maximum Gasteiger partial charge on any atom is 0.253 e. The number of benzene rings is 3. The third kappa shape index (κ3) is 5.62. The Morgan fingerprint density at radius 3 is 2.38 bits per heavy atom. The van der Waals surface area contributed by atoms with E-state index in [0.717, 1.165) is 12.1 Å². The highest BCUT2D eigenvalue weighted by molar-refractivity contribution is 7.89. The molecule has 0 fully saturated rings. The molecule has 1 amide bonds. The predicted octanol–water partition coefficient (Wildman–Crippen LogP) is 4.74. The quantitative estimate of drug-likeness (QED) is 0.407. The van der Waals surface area contributed by atoms with Crippen molar-refractivity contribution in [2.75, 3.05) is 5.73 Å². The normalized spacial score (nSPS) is 11.3. The van der Waals surface area contributed by atoms with Crippen LogP contribution in [0.25, 0.3) is 0 Å². The van der Waals surface area contributed by atoms with Gasteiger partial charge in [-0.25, -0.2) is 17.9 Å². The number of hydrogen-bond donors (Lipinski definition) is 3. The summed E-state index contributed by atoms with van der Waals surface area (Å²) < 4.78 is 43.3. The van der Waals surface area contributed by atoms with Gasteiger partial charge in [-0.15, -0.1) is 0 Å². The molecule has 0 aromatic heterocycles. The van der Waals surface area contributed by atoms with E-state index in [1.807, 2.05) is 0 Å². The number of halogens is 4. The van der Waals surface area contributed by atoms with Crippen molar-refractivity contribution in [1.82, 2.24) is 5.32 Å². The van der Waals surface area contributed by atoms with Gasteiger partial charge < -0.3 is 15.8 Å². The molecular weight excluding hydrogens is 504 g/mol. The largest absolute Gasteiger partial charge is 0.453 e. The summed E-state index contributed by atoms with van der Waals surface area (Å²) in [5.74, 6) is -1.54. The van der Waals surface area contributed by atoms with Gasteiger partial charge in [-0.3, -0.25) is 4.79 Å². The van der Waals surface area contributed by atoms with Gasteiger partial charge >= 0.3 is 0 Å². The number of ether oxygens (including phenoxy) is 1. The van der Waals surface area contributed by atoms with Crippen molar-refractivity contribution in [3.05, 3.63) is 80.5 Å². The van der Waals surface area contributed by atoms with Crippen LogP contribution in [0.15, 0.2) is 53.4 Å². The number of carbonyl (C=O) groups excluding carboxylic acids is 1. The lowest BCUT2D eigenvalue weighted by atomic mass is 10.1. The molecule has 168 valence electrons. The number of nitrogens with two attached hydrogens (primary N) is 2. The van der Waals surface area contributed by atoms with E-state index < -0.39 is 21.7 Å². The Morgan fingerprint density at radius 2 is 1.75 bits per heavy atom. The first-order valence-corrected chi connectivity index (χ1v) is 11.4. The zero-order valence-corrected chi connectivity index (χ0v) is 19.1. The molecular formula is C20H15Cl3FN3O4S. The molecule has 3 aromatic rings. The third-order valence-electron chi connectivity index (χ3n) is 4.20. The average molecular weight is 519 g/mol. The molecule has 0 saturated heterocycles. The second-order valence-electron chi connectivity index (χ2n) is 6.54. The number of primary sulfonamides is 1. The smallest absolute Gasteiger partial charge is 0.253 e. The van der Waals surface area contributed by atoms with Crippen LogP contribution < -0.4 is 20.9 Å². The van der Waals surface area contributed by atoms with E-state index in [-0.39, 0.29) is 44.1 Å². The molecule has 0 unspecified atom stereocenters. The molecule has 0 radical (unpaired) electrons. The SMILES string of the molecule is Nc1cc(Cl)cc(Oc2c(Cl)ccc(CNC(=O)c3ccc(S(N)(=O)=O)cc3Cl)c2F)c1. The molecule has 5 N–H and O–H groups in total. The maximum absolute atomic E-state index is 15.0. The van der Waals surface area contributed by atoms with Crippen molar-refractivity contribution >= 4 is 56.4 Å². The Balaban J connectivity index is 1.80. The number of amides is 1. The number of sulfonamides is 1. The Kier molecular flexibility index (Phi) is 7.16. The fourth-order valence-corrected chi connectivity index (χ4v) is 3.98. The van der Waals surface area contributed by atoms with Crippen LogP contribution in [-0.4, -0.2) is 14.3 Å². The van der Waals surface area contributed by atoms with Gasteiger partial charge in [0.05, 0.1) is 20.5 Å². The average Bonchev–Trinajstić information content (AvgIpc) is 2.69. The summed E-state index contributed by atoms with van der Waals surface area (Å²) in [5.41, 5.74) is 6.09. The standard InChI is InChI=1S/C20H15Cl3FN3O4S/c21-11-5-12(25)7-13(6-11)31-19-16(22)4-1-10(18(19)24)9-27-20(28)15-3-2-14(8-17(15)23)32(26,29)30/h1-8H,9,25H2,(H,27,28)(H2,26,29,30). The number of nitrogen functional groups attached to an aromatic ring is 1. The Hall–Kier alpha value is -2.56. The lowest BCUT2D eigenvalue weighted by Gasteiger charge is -2.13. The first kappa shape index (κ1) is 24.1. The predicted molar refractivity (Wildman–Crippen MR) is 121 cm³/mol. The Morgan fingerprint density at radius 1 is 1.03 bits per heavy atom. The molecule has 0 aliphatic rings. The van der Waals surface area contributed by atoms with Gasteiger partial charge in [-0.05, 0) is 36.4 Å². The minimum atomic E-state index is -3.98. The van der Waals surface area contributed by atoms with Gasteiger partial charge in [0.25, 0.3) is 5.91 Å². The van der Waals surface area contributed by atoms with E-state index in [1.54, 1.807) is 0 Å². The molecule has 12 heteroatoms. The summed E-state index contributed by atoms with van der Waals surface area (Å²) in [6.45, 7) is -0.233. The molecule has 0 atom stereocenters. The first-order valence-electron chi connectivity index (χ1n) is 8.77. The monoisotopic (exact) mass is 517 g/mol. The van der Waals surface area contributed by atoms with Crippen molar-refractivity contribution in [2.45, 2.75) is 11.4 Å². The molecule has 3 rings (SSSR count). The van der Waals surface area contributed by atoms with E-state index in [0.29, 0.717) is 10.7 Å². The number of hydrogen-bond acceptors (Lipinski definition) is 5. The number of anilines is 1. The Labute approximate surface area is 198 Å². The van der Waals surface area contributed by atoms with Gasteiger partial charge in [0, 0.05) is 28.9 Å². The molecule has 7 nitrogen and oxygen atoms in total. The minimum Gasteiger partial charge on any atom is -0.453 e. The van der Waals surface area contributed by atoms with Gasteiger partial charge in [-0.2, -0.15) is 0 Å². The van der Waals surface area contributed by atoms with E-state index >= 15 is 4.39 Å². The summed E-state index contributed by atoms with van der Waals surface area (Å²) in [6.07, 6.45) is 0. The summed E-state index contributed by atoms with van der Waals surface area (Å²) in [4.78, 5) is 12.2. The van der Waals surface area contributed by atoms with Crippen LogP contribution in [-0.2, 0) is 16.6 Å². The van der Waals surface area contributed by atoms with Crippen molar-refractivity contribution in [3.8, 4) is 11.5 Å². The molecule has 3 aromatic carbocycles. The third-order valence-corrected chi connectivity index (χ3v) is 5.94. The van der Waals surface area contributed by atoms with Crippen LogP contribution in [0.5, 0.6) is 11.5 Å². The molecule has 0 aliphatic heterocycles. The molecule has 0 bridgehead atoms. The minimum absolute atomic E-state index is 0.00208. The summed E-state index contributed by atoms with van der Waals surface area (Å²) in [5, 5.41) is 7.70. The van der Waals surface area contributed by atoms with Gasteiger partial charge in [0.1, 0.15) is 5.75 Å². The van der Waals surface area contributed by atoms with Gasteiger partial charge in [0.15, 0.2) is 11.6 Å². The molecule has 0 saturated carbocycles. The van der Waals surface area contributed by atoms with Crippen LogP contribution in [0.1, 0.15) is 15.9 Å². The summed E-state index contributed by atoms with van der Waals surface area (Å²) in [6, 6.07) is 10.6. The van der Waals surface area contributed by atoms with E-state index in [9.17, 15) is 13.2 Å². The van der Waals surface area contributed by atoms with Crippen molar-refractivity contribution in [1.29, 1.82) is 0 Å². The van der Waals surface area contributed by atoms with Crippen molar-refractivity contribution in [3.63, 3.8) is 0 Å². The number of rotatable bonds is 6. The lowest BCUT2D eigenvalue weighted by Crippen LogP contribution is -2.24. The second kappa shape index (κ2) is 9.51. The Bertz CT molecular complexity index is 1300. The first-order chi connectivity index (χ1) is 15.0. The van der Waals surface area contributed by atoms with Crippen LogP contribution in [0.2, 0.25) is 15.1 Å². The second-order valence-corrected chi connectivity index (χ2v) is 9.35. The van der Waals surface area contributed by atoms with Crippen LogP contribution in [0.4, 0.5) is 10.1 Å². The highest BCUT2D eigenvalue weighted by Gasteiger charge is 2.18. The maximum atomic E-state index is 15.0. The molecule has 32 heavy (non-hydrogen) atoms. The lowest BCUT2D eigenvalue weighted by molar-refractivity contribution is 0.0950.